The zero-order valence-electron chi connectivity index (χ0n) is 32.8. The van der Waals surface area contributed by atoms with Gasteiger partial charge in [0.2, 0.25) is 6.41 Å². The van der Waals surface area contributed by atoms with Crippen LogP contribution in [-0.4, -0.2) is 109 Å². The van der Waals surface area contributed by atoms with E-state index in [4.69, 9.17) is 34.8 Å². The van der Waals surface area contributed by atoms with Gasteiger partial charge in [0.05, 0.1) is 11.6 Å². The summed E-state index contributed by atoms with van der Waals surface area (Å²) in [6.07, 6.45) is 13.8. The van der Waals surface area contributed by atoms with Crippen LogP contribution in [0.1, 0.15) is 54.6 Å². The smallest absolute Gasteiger partial charge is 0.290 e. The van der Waals surface area contributed by atoms with Crippen molar-refractivity contribution in [2.24, 2.45) is 16.6 Å². The van der Waals surface area contributed by atoms with Gasteiger partial charge in [0.1, 0.15) is 12.1 Å². The van der Waals surface area contributed by atoms with E-state index >= 15 is 0 Å². The molecule has 4 heterocycles. The number of ether oxygens (including phenoxy) is 1. The van der Waals surface area contributed by atoms with Crippen molar-refractivity contribution in [2.75, 3.05) is 53.6 Å². The SMILES string of the molecule is C1COC1.C=N/C(=C\C=C/Cc1ccc(C#N)cc1F)C1CCN(Cc2nc3cc(CC=O)ccc3n2[CH2-])CC1.CN1CCCC1.CO.NC=O.O=CO.[CH3-].[Es]. The summed E-state index contributed by atoms with van der Waals surface area (Å²) in [5, 5.41) is 22.8. The molecule has 0 aliphatic carbocycles. The van der Waals surface area contributed by atoms with Gasteiger partial charge in [-0.3, -0.25) is 14.6 Å². The van der Waals surface area contributed by atoms with Crippen LogP contribution >= 0.6 is 0 Å². The molecule has 3 aromatic rings. The minimum Gasteiger partial charge on any atom is -0.483 e. The summed E-state index contributed by atoms with van der Waals surface area (Å²) in [5.74, 6) is 0.858. The van der Waals surface area contributed by atoms with Gasteiger partial charge < -0.3 is 52.3 Å². The van der Waals surface area contributed by atoms with Crippen LogP contribution in [0.3, 0.4) is 0 Å². The first-order valence-electron chi connectivity index (χ1n) is 17.7. The van der Waals surface area contributed by atoms with E-state index in [0.29, 0.717) is 36.4 Å². The Morgan fingerprint density at radius 2 is 1.68 bits per heavy atom. The van der Waals surface area contributed by atoms with Crippen molar-refractivity contribution >= 4 is 36.9 Å². The van der Waals surface area contributed by atoms with Crippen LogP contribution < -0.4 is 5.73 Å². The molecule has 13 nitrogen and oxygen atoms in total. The number of imidazole rings is 1. The van der Waals surface area contributed by atoms with Gasteiger partial charge in [0, 0.05) is 56.2 Å². The predicted molar refractivity (Wildman–Crippen MR) is 216 cm³/mol. The maximum Gasteiger partial charge on any atom is 0.290 e. The van der Waals surface area contributed by atoms with Crippen LogP contribution in [0.2, 0.25) is 0 Å². The molecule has 1 amide bonds. The van der Waals surface area contributed by atoms with Crippen molar-refractivity contribution in [3.05, 3.63) is 103 Å². The van der Waals surface area contributed by atoms with E-state index in [1.54, 1.807) is 12.1 Å². The molecule has 0 saturated carbocycles. The van der Waals surface area contributed by atoms with E-state index < -0.39 is 0 Å². The number of aliphatic hydroxyl groups is 1. The van der Waals surface area contributed by atoms with Crippen molar-refractivity contribution in [3.8, 4) is 6.07 Å². The Labute approximate surface area is 325 Å². The summed E-state index contributed by atoms with van der Waals surface area (Å²) in [6, 6.07) is 12.4. The standard InChI is InChI=1S/C29H29FN5O.C5H11N.C3H6O.CH3NO.CH2O2.CH4O.CH3.Es/c1-32-26(6-4-3-5-23-9-7-22(19-31)17-25(23)30)24-11-14-35(15-12-24)20-29-33-27-18-21(13-16-36)8-10-28(27)34(29)2;1-6-4-2-3-5-6;1-2-4-3-1;2*2-1-3;1-2;;/h3-4,6-10,16-18,24H,1-2,5,11-15,20H2;2-5H2,1H3;1-3H2;1H,(H2,2,3);1H,(H,2,3);2H,1H3;1H3;/q-1;;;;;;-1;/b4-3-,26-6-;;;;;;;. The summed E-state index contributed by atoms with van der Waals surface area (Å²) >= 11 is 0. The minimum atomic E-state index is -0.366. The van der Waals surface area contributed by atoms with Crippen LogP contribution in [0.4, 0.5) is 4.39 Å². The first kappa shape index (κ1) is 51.9. The van der Waals surface area contributed by atoms with Gasteiger partial charge in [0.15, 0.2) is 0 Å². The minimum absolute atomic E-state index is 0. The first-order valence-corrected chi connectivity index (χ1v) is 17.7. The molecule has 0 spiro atoms. The number of piperidine rings is 1. The average molecular weight is 1020 g/mol. The second-order valence-electron chi connectivity index (χ2n) is 12.2. The van der Waals surface area contributed by atoms with E-state index in [2.05, 4.69) is 41.3 Å². The van der Waals surface area contributed by atoms with Gasteiger partial charge in [-0.1, -0.05) is 30.4 Å². The third-order valence-corrected chi connectivity index (χ3v) is 8.59. The van der Waals surface area contributed by atoms with Crippen molar-refractivity contribution < 1.29 is 33.7 Å². The molecule has 3 aliphatic rings. The molecule has 4 N–H and O–H groups in total. The van der Waals surface area contributed by atoms with E-state index in [1.165, 1.54) is 38.4 Å². The number of nitrogens with two attached hydrogens (primary N) is 1. The third-order valence-electron chi connectivity index (χ3n) is 8.59. The average Bonchev–Trinajstić information content (AvgIpc) is 3.75. The molecule has 1 aromatic heterocycles. The van der Waals surface area contributed by atoms with Crippen LogP contribution in [-0.2, 0) is 38.5 Å². The molecule has 3 aliphatic heterocycles. The molecular weight excluding hydrogens is 957 g/mol. The predicted octanol–water partition coefficient (Wildman–Crippen LogP) is 5.00. The largest absolute Gasteiger partial charge is 0.483 e. The number of hydrogen-bond donors (Lipinski definition) is 3. The van der Waals surface area contributed by atoms with Gasteiger partial charge in [-0.25, -0.2) is 4.39 Å². The molecule has 6 rings (SSSR count). The number of aliphatic imine (C=N–C) groups is 1. The number of aldehydes is 1. The fraction of sp³-hybridized carbons (Fsp3) is 0.415. The topological polar surface area (TPSA) is 187 Å². The fourth-order valence-electron chi connectivity index (χ4n) is 5.64. The van der Waals surface area contributed by atoms with E-state index in [1.807, 2.05) is 47.1 Å². The number of allylic oxidation sites excluding steroid dienone is 4. The second kappa shape index (κ2) is 31.2. The molecule has 3 fully saturated rings. The molecule has 0 atom stereocenters. The van der Waals surface area contributed by atoms with Crippen molar-refractivity contribution in [1.29, 1.82) is 5.26 Å². The number of likely N-dealkylation sites (tertiary alicyclic amines) is 2. The Morgan fingerprint density at radius 1 is 1.09 bits per heavy atom. The molecule has 0 bridgehead atoms. The second-order valence-corrected chi connectivity index (χ2v) is 12.2. The Kier molecular flexibility index (Phi) is 28.9. The Balaban J connectivity index is 0. The van der Waals surface area contributed by atoms with Gasteiger partial charge in [-0.15, -0.1) is 7.05 Å². The van der Waals surface area contributed by atoms with Gasteiger partial charge in [-0.2, -0.15) is 5.26 Å². The summed E-state index contributed by atoms with van der Waals surface area (Å²) in [5.41, 5.74) is 8.76. The molecular formula is C41H58EsFN7O6-2. The Hall–Kier alpha value is -6.20. The molecule has 3 saturated heterocycles. The third kappa shape index (κ3) is 18.7. The van der Waals surface area contributed by atoms with Crippen LogP contribution in [0.5, 0.6) is 0 Å². The van der Waals surface area contributed by atoms with Crippen molar-refractivity contribution in [3.63, 3.8) is 0 Å². The zero-order valence-corrected chi connectivity index (χ0v) is 35.3. The van der Waals surface area contributed by atoms with Crippen molar-refractivity contribution in [1.82, 2.24) is 19.4 Å². The Morgan fingerprint density at radius 3 is 2.14 bits per heavy atom. The van der Waals surface area contributed by atoms with E-state index in [0.717, 1.165) is 80.7 Å². The number of primary amides is 1. The quantitative estimate of drug-likeness (QED) is 0.114. The van der Waals surface area contributed by atoms with Gasteiger partial charge in [-0.05, 0) is 119 Å². The summed E-state index contributed by atoms with van der Waals surface area (Å²) in [6.45, 7) is 10.7. The van der Waals surface area contributed by atoms with Crippen LogP contribution in [0.25, 0.3) is 11.0 Å². The normalized spacial score (nSPS) is 14.9. The molecule has 0 unspecified atom stereocenters. The molecule has 1 radical (unpaired) electrons. The number of aromatic nitrogens is 2. The number of nitriles is 1. The first-order chi connectivity index (χ1) is 26.2. The van der Waals surface area contributed by atoms with Gasteiger partial charge >= 0.3 is 0 Å². The van der Waals surface area contributed by atoms with E-state index in [-0.39, 0.29) is 26.1 Å². The number of fused-ring (bicyclic) bond motifs is 1. The molecule has 2 aromatic carbocycles. The summed E-state index contributed by atoms with van der Waals surface area (Å²) in [4.78, 5) is 41.5. The molecule has 15 heteroatoms. The van der Waals surface area contributed by atoms with Crippen molar-refractivity contribution in [2.45, 2.75) is 51.5 Å². The number of carbonyl (C=O) groups is 3. The number of carboxylic acid groups (broad SMARTS) is 1. The number of aliphatic hydroxyl groups excluding tert-OH is 1. The maximum absolute atomic E-state index is 14.1. The number of hydrogen-bond acceptors (Lipinski definition) is 10. The fourth-order valence-corrected chi connectivity index (χ4v) is 5.64. The number of benzene rings is 2. The molecule has 313 valence electrons. The summed E-state index contributed by atoms with van der Waals surface area (Å²) < 4.78 is 20.7. The number of amides is 1. The van der Waals surface area contributed by atoms with E-state index in [9.17, 15) is 9.18 Å². The number of nitrogens with zero attached hydrogens (tertiary/aromatic N) is 6. The molecule has 56 heavy (non-hydrogen) atoms. The maximum atomic E-state index is 14.1. The number of halogens is 1. The van der Waals surface area contributed by atoms with Gasteiger partial charge in [0.25, 0.3) is 6.47 Å². The zero-order chi connectivity index (χ0) is 40.1. The van der Waals surface area contributed by atoms with Crippen LogP contribution in [0, 0.1) is 37.5 Å². The number of rotatable bonds is 9. The summed E-state index contributed by atoms with van der Waals surface area (Å²) in [7, 11) is 7.34. The van der Waals surface area contributed by atoms with Crippen LogP contribution in [0.15, 0.2) is 65.3 Å². The monoisotopic (exact) mass is 1020 g/mol. The number of carbonyl (C=O) groups excluding carboxylic acids is 2. The Bertz CT molecular complexity index is 1650.